The number of rotatable bonds is 6. The number of aryl methyl sites for hydroxylation is 1. The Labute approximate surface area is 112 Å². The van der Waals surface area contributed by atoms with Crippen LogP contribution in [0.3, 0.4) is 0 Å². The van der Waals surface area contributed by atoms with Gasteiger partial charge in [-0.25, -0.2) is 4.79 Å². The smallest absolute Gasteiger partial charge is 0.387 e. The second-order valence-corrected chi connectivity index (χ2v) is 4.28. The summed E-state index contributed by atoms with van der Waals surface area (Å²) in [6.45, 7) is -2.88. The van der Waals surface area contributed by atoms with Gasteiger partial charge in [-0.15, -0.1) is 0 Å². The van der Waals surface area contributed by atoms with Gasteiger partial charge in [-0.3, -0.25) is 0 Å². The molecule has 0 N–H and O–H groups in total. The zero-order chi connectivity index (χ0) is 13.5. The van der Waals surface area contributed by atoms with E-state index in [1.165, 1.54) is 25.3 Å². The first kappa shape index (κ1) is 14.9. The van der Waals surface area contributed by atoms with Crippen molar-refractivity contribution in [2.75, 3.05) is 12.4 Å². The van der Waals surface area contributed by atoms with Crippen LogP contribution in [0.25, 0.3) is 0 Å². The molecule has 0 atom stereocenters. The molecule has 1 aromatic carbocycles. The van der Waals surface area contributed by atoms with Crippen LogP contribution >= 0.6 is 15.9 Å². The Morgan fingerprint density at radius 1 is 1.44 bits per heavy atom. The van der Waals surface area contributed by atoms with Crippen molar-refractivity contribution in [1.82, 2.24) is 0 Å². The molecule has 100 valence electrons. The summed E-state index contributed by atoms with van der Waals surface area (Å²) in [6.07, 6.45) is 1.29. The third-order valence-electron chi connectivity index (χ3n) is 2.28. The third kappa shape index (κ3) is 4.25. The predicted molar refractivity (Wildman–Crippen MR) is 66.5 cm³/mol. The monoisotopic (exact) mass is 322 g/mol. The quantitative estimate of drug-likeness (QED) is 0.594. The molecule has 0 amide bonds. The van der Waals surface area contributed by atoms with Crippen LogP contribution < -0.4 is 4.74 Å². The number of alkyl halides is 3. The maximum atomic E-state index is 12.2. The number of halogens is 3. The molecule has 0 fully saturated rings. The summed E-state index contributed by atoms with van der Waals surface area (Å²) in [4.78, 5) is 11.4. The van der Waals surface area contributed by atoms with Crippen LogP contribution in [0.4, 0.5) is 8.78 Å². The molecule has 0 aliphatic carbocycles. The lowest BCUT2D eigenvalue weighted by atomic mass is 10.1. The molecular weight excluding hydrogens is 310 g/mol. The molecule has 0 saturated heterocycles. The van der Waals surface area contributed by atoms with Crippen molar-refractivity contribution < 1.29 is 23.0 Å². The average Bonchev–Trinajstić information content (AvgIpc) is 2.36. The molecule has 0 aliphatic rings. The molecule has 3 nitrogen and oxygen atoms in total. The summed E-state index contributed by atoms with van der Waals surface area (Å²) in [6, 6.07) is 4.29. The van der Waals surface area contributed by atoms with Gasteiger partial charge >= 0.3 is 12.6 Å². The lowest BCUT2D eigenvalue weighted by Gasteiger charge is -2.11. The van der Waals surface area contributed by atoms with Crippen molar-refractivity contribution in [3.8, 4) is 5.75 Å². The minimum atomic E-state index is -2.88. The fraction of sp³-hybridized carbons (Fsp3) is 0.417. The highest BCUT2D eigenvalue weighted by Gasteiger charge is 2.13. The van der Waals surface area contributed by atoms with Crippen LogP contribution in [0.1, 0.15) is 22.3 Å². The lowest BCUT2D eigenvalue weighted by Crippen LogP contribution is -2.07. The largest absolute Gasteiger partial charge is 0.465 e. The number of esters is 1. The summed E-state index contributed by atoms with van der Waals surface area (Å²) in [5, 5.41) is 0.740. The molecule has 0 bridgehead atoms. The third-order valence-corrected chi connectivity index (χ3v) is 2.84. The van der Waals surface area contributed by atoms with Gasteiger partial charge in [-0.1, -0.05) is 15.9 Å². The molecule has 6 heteroatoms. The Hall–Kier alpha value is -1.17. The first-order valence-corrected chi connectivity index (χ1v) is 6.42. The predicted octanol–water partition coefficient (Wildman–Crippen LogP) is 3.40. The minimum absolute atomic E-state index is 0.0959. The molecule has 0 saturated carbocycles. The van der Waals surface area contributed by atoms with E-state index in [9.17, 15) is 13.6 Å². The number of carbonyl (C=O) groups is 1. The number of carbonyl (C=O) groups excluding carboxylic acids is 1. The normalized spacial score (nSPS) is 10.5. The summed E-state index contributed by atoms with van der Waals surface area (Å²) >= 11 is 3.26. The maximum Gasteiger partial charge on any atom is 0.387 e. The molecule has 1 aromatic rings. The second kappa shape index (κ2) is 7.31. The van der Waals surface area contributed by atoms with Crippen molar-refractivity contribution in [2.24, 2.45) is 0 Å². The van der Waals surface area contributed by atoms with E-state index < -0.39 is 12.6 Å². The Balaban J connectivity index is 2.99. The summed E-state index contributed by atoms with van der Waals surface area (Å²) < 4.78 is 33.4. The van der Waals surface area contributed by atoms with Crippen molar-refractivity contribution in [1.29, 1.82) is 0 Å². The molecule has 0 radical (unpaired) electrons. The summed E-state index contributed by atoms with van der Waals surface area (Å²) in [5.41, 5.74) is 0.890. The zero-order valence-electron chi connectivity index (χ0n) is 9.79. The molecule has 0 heterocycles. The van der Waals surface area contributed by atoms with Crippen LogP contribution in [-0.4, -0.2) is 25.0 Å². The number of hydrogen-bond donors (Lipinski definition) is 0. The van der Waals surface area contributed by atoms with Gasteiger partial charge in [0.25, 0.3) is 0 Å². The van der Waals surface area contributed by atoms with Crippen LogP contribution in [0.2, 0.25) is 0 Å². The number of benzene rings is 1. The van der Waals surface area contributed by atoms with Crippen LogP contribution in [0, 0.1) is 0 Å². The van der Waals surface area contributed by atoms with Gasteiger partial charge in [0.2, 0.25) is 0 Å². The van der Waals surface area contributed by atoms with Gasteiger partial charge in [0.05, 0.1) is 12.7 Å². The van der Waals surface area contributed by atoms with Crippen molar-refractivity contribution in [2.45, 2.75) is 19.5 Å². The molecular formula is C12H13BrF2O3. The summed E-state index contributed by atoms with van der Waals surface area (Å²) in [5.74, 6) is -0.405. The Morgan fingerprint density at radius 2 is 2.17 bits per heavy atom. The fourth-order valence-corrected chi connectivity index (χ4v) is 1.77. The zero-order valence-corrected chi connectivity index (χ0v) is 11.4. The number of ether oxygens (including phenoxy) is 2. The molecule has 18 heavy (non-hydrogen) atoms. The van der Waals surface area contributed by atoms with Crippen molar-refractivity contribution >= 4 is 21.9 Å². The first-order valence-electron chi connectivity index (χ1n) is 5.30. The maximum absolute atomic E-state index is 12.2. The van der Waals surface area contributed by atoms with Gasteiger partial charge in [0.15, 0.2) is 0 Å². The van der Waals surface area contributed by atoms with Crippen LogP contribution in [-0.2, 0) is 11.2 Å². The van der Waals surface area contributed by atoms with Gasteiger partial charge < -0.3 is 9.47 Å². The molecule has 0 aromatic heterocycles. The Bertz CT molecular complexity index is 410. The highest BCUT2D eigenvalue weighted by molar-refractivity contribution is 9.09. The van der Waals surface area contributed by atoms with E-state index >= 15 is 0 Å². The van der Waals surface area contributed by atoms with Gasteiger partial charge in [-0.05, 0) is 36.6 Å². The van der Waals surface area contributed by atoms with E-state index in [0.29, 0.717) is 17.5 Å². The van der Waals surface area contributed by atoms with E-state index in [-0.39, 0.29) is 5.75 Å². The SMILES string of the molecule is COC(=O)c1ccc(OC(F)F)c(CCCBr)c1. The highest BCUT2D eigenvalue weighted by atomic mass is 79.9. The molecule has 0 aliphatic heterocycles. The highest BCUT2D eigenvalue weighted by Crippen LogP contribution is 2.24. The fourth-order valence-electron chi connectivity index (χ4n) is 1.49. The van der Waals surface area contributed by atoms with Gasteiger partial charge in [0, 0.05) is 5.33 Å². The topological polar surface area (TPSA) is 35.5 Å². The van der Waals surface area contributed by atoms with Gasteiger partial charge in [-0.2, -0.15) is 8.78 Å². The number of methoxy groups -OCH3 is 1. The van der Waals surface area contributed by atoms with E-state index in [0.717, 1.165) is 11.8 Å². The van der Waals surface area contributed by atoms with E-state index in [1.54, 1.807) is 0 Å². The van der Waals surface area contributed by atoms with Gasteiger partial charge in [0.1, 0.15) is 5.75 Å². The minimum Gasteiger partial charge on any atom is -0.465 e. The average molecular weight is 323 g/mol. The van der Waals surface area contributed by atoms with Crippen molar-refractivity contribution in [3.05, 3.63) is 29.3 Å². The van der Waals surface area contributed by atoms with Crippen LogP contribution in [0.15, 0.2) is 18.2 Å². The van der Waals surface area contributed by atoms with E-state index in [1.807, 2.05) is 0 Å². The number of hydrogen-bond acceptors (Lipinski definition) is 3. The van der Waals surface area contributed by atoms with Crippen molar-refractivity contribution in [3.63, 3.8) is 0 Å². The van der Waals surface area contributed by atoms with E-state index in [4.69, 9.17) is 0 Å². The van der Waals surface area contributed by atoms with E-state index in [2.05, 4.69) is 25.4 Å². The molecule has 0 spiro atoms. The Kier molecular flexibility index (Phi) is 6.04. The molecule has 0 unspecified atom stereocenters. The first-order chi connectivity index (χ1) is 8.58. The molecule has 1 rings (SSSR count). The standard InChI is InChI=1S/C12H13BrF2O3/c1-17-11(16)9-4-5-10(18-12(14)15)8(7-9)3-2-6-13/h4-5,7,12H,2-3,6H2,1H3. The lowest BCUT2D eigenvalue weighted by molar-refractivity contribution is -0.0504. The summed E-state index contributed by atoms with van der Waals surface area (Å²) in [7, 11) is 1.27. The Morgan fingerprint density at radius 3 is 2.72 bits per heavy atom. The second-order valence-electron chi connectivity index (χ2n) is 3.49. The van der Waals surface area contributed by atoms with Crippen LogP contribution in [0.5, 0.6) is 5.75 Å².